The van der Waals surface area contributed by atoms with Crippen LogP contribution < -0.4 is 5.56 Å². The van der Waals surface area contributed by atoms with Crippen molar-refractivity contribution in [2.24, 2.45) is 0 Å². The summed E-state index contributed by atoms with van der Waals surface area (Å²) in [6.45, 7) is 2.55. The zero-order valence-corrected chi connectivity index (χ0v) is 17.0. The van der Waals surface area contributed by atoms with E-state index in [1.807, 2.05) is 48.5 Å². The van der Waals surface area contributed by atoms with Gasteiger partial charge in [0.05, 0.1) is 17.4 Å². The highest BCUT2D eigenvalue weighted by Crippen LogP contribution is 2.24. The lowest BCUT2D eigenvalue weighted by Crippen LogP contribution is -2.24. The van der Waals surface area contributed by atoms with Gasteiger partial charge < -0.3 is 0 Å². The van der Waals surface area contributed by atoms with E-state index in [-0.39, 0.29) is 5.56 Å². The van der Waals surface area contributed by atoms with Gasteiger partial charge in [-0.1, -0.05) is 77.5 Å². The van der Waals surface area contributed by atoms with Gasteiger partial charge in [0.2, 0.25) is 0 Å². The molecule has 0 aliphatic carbocycles. The van der Waals surface area contributed by atoms with Gasteiger partial charge in [-0.15, -0.1) is 0 Å². The first-order valence-corrected chi connectivity index (χ1v) is 10.4. The Labute approximate surface area is 173 Å². The highest BCUT2D eigenvalue weighted by Gasteiger charge is 2.12. The number of nitrogens with zero attached hydrogens (tertiary/aromatic N) is 2. The van der Waals surface area contributed by atoms with E-state index in [1.165, 1.54) is 5.56 Å². The molecule has 1 aromatic heterocycles. The molecule has 0 bridgehead atoms. The molecule has 0 N–H and O–H groups in total. The fraction of sp³-hybridized carbons (Fsp3) is 0.130. The van der Waals surface area contributed by atoms with E-state index in [0.717, 1.165) is 16.6 Å². The second kappa shape index (κ2) is 8.21. The van der Waals surface area contributed by atoms with Crippen LogP contribution in [0.25, 0.3) is 10.9 Å². The SMILES string of the molecule is Cc1ccc(Cn2c(SCc3cccc(Cl)c3)nc3ccccc3c2=O)cc1. The molecule has 1 heterocycles. The van der Waals surface area contributed by atoms with Crippen LogP contribution in [0.2, 0.25) is 5.02 Å². The van der Waals surface area contributed by atoms with Crippen molar-refractivity contribution in [3.63, 3.8) is 0 Å². The molecule has 0 atom stereocenters. The second-order valence-corrected chi connectivity index (χ2v) is 8.09. The van der Waals surface area contributed by atoms with Crippen molar-refractivity contribution >= 4 is 34.3 Å². The maximum absolute atomic E-state index is 13.2. The molecule has 140 valence electrons. The Bertz CT molecular complexity index is 1190. The van der Waals surface area contributed by atoms with Crippen molar-refractivity contribution in [3.05, 3.63) is 105 Å². The van der Waals surface area contributed by atoms with Gasteiger partial charge in [0.1, 0.15) is 0 Å². The van der Waals surface area contributed by atoms with Crippen molar-refractivity contribution in [2.45, 2.75) is 24.4 Å². The average Bonchev–Trinajstić information content (AvgIpc) is 2.70. The lowest BCUT2D eigenvalue weighted by Gasteiger charge is -2.13. The first-order chi connectivity index (χ1) is 13.6. The minimum Gasteiger partial charge on any atom is -0.283 e. The Morgan fingerprint density at radius 2 is 1.75 bits per heavy atom. The fourth-order valence-electron chi connectivity index (χ4n) is 3.05. The summed E-state index contributed by atoms with van der Waals surface area (Å²) in [6.07, 6.45) is 0. The Balaban J connectivity index is 1.74. The average molecular weight is 407 g/mol. The van der Waals surface area contributed by atoms with Crippen molar-refractivity contribution < 1.29 is 0 Å². The number of fused-ring (bicyclic) bond motifs is 1. The van der Waals surface area contributed by atoms with Gasteiger partial charge in [0.15, 0.2) is 5.16 Å². The predicted molar refractivity (Wildman–Crippen MR) is 117 cm³/mol. The maximum Gasteiger partial charge on any atom is 0.262 e. The van der Waals surface area contributed by atoms with Gasteiger partial charge in [-0.2, -0.15) is 0 Å². The van der Waals surface area contributed by atoms with Gasteiger partial charge in [-0.3, -0.25) is 9.36 Å². The monoisotopic (exact) mass is 406 g/mol. The van der Waals surface area contributed by atoms with Crippen LogP contribution in [0, 0.1) is 6.92 Å². The summed E-state index contributed by atoms with van der Waals surface area (Å²) >= 11 is 7.65. The molecule has 0 saturated carbocycles. The quantitative estimate of drug-likeness (QED) is 0.315. The van der Waals surface area contributed by atoms with Gasteiger partial charge >= 0.3 is 0 Å². The molecule has 0 aliphatic rings. The van der Waals surface area contributed by atoms with Crippen LogP contribution in [0.1, 0.15) is 16.7 Å². The fourth-order valence-corrected chi connectivity index (χ4v) is 4.20. The van der Waals surface area contributed by atoms with Gasteiger partial charge in [0.25, 0.3) is 5.56 Å². The van der Waals surface area contributed by atoms with Crippen LogP contribution in [0.5, 0.6) is 0 Å². The number of hydrogen-bond acceptors (Lipinski definition) is 3. The summed E-state index contributed by atoms with van der Waals surface area (Å²) in [6, 6.07) is 23.5. The Kier molecular flexibility index (Phi) is 5.51. The van der Waals surface area contributed by atoms with Gasteiger partial charge in [-0.25, -0.2) is 4.98 Å². The second-order valence-electron chi connectivity index (χ2n) is 6.71. The summed E-state index contributed by atoms with van der Waals surface area (Å²) in [5.74, 6) is 0.694. The molecular formula is C23H19ClN2OS. The van der Waals surface area contributed by atoms with E-state index in [9.17, 15) is 4.79 Å². The normalized spacial score (nSPS) is 11.1. The molecule has 3 aromatic carbocycles. The summed E-state index contributed by atoms with van der Waals surface area (Å²) < 4.78 is 1.77. The van der Waals surface area contributed by atoms with Crippen LogP contribution in [0.3, 0.4) is 0 Å². The topological polar surface area (TPSA) is 34.9 Å². The third-order valence-corrected chi connectivity index (χ3v) is 5.83. The minimum atomic E-state index is -0.0141. The third kappa shape index (κ3) is 4.13. The largest absolute Gasteiger partial charge is 0.283 e. The van der Waals surface area contributed by atoms with Crippen molar-refractivity contribution in [2.75, 3.05) is 0 Å². The molecule has 4 rings (SSSR count). The molecule has 4 aromatic rings. The maximum atomic E-state index is 13.2. The van der Waals surface area contributed by atoms with Crippen LogP contribution in [0.4, 0.5) is 0 Å². The number of halogens is 1. The van der Waals surface area contributed by atoms with Crippen molar-refractivity contribution in [3.8, 4) is 0 Å². The van der Waals surface area contributed by atoms with Crippen LogP contribution >= 0.6 is 23.4 Å². The van der Waals surface area contributed by atoms with Crippen LogP contribution in [-0.2, 0) is 12.3 Å². The zero-order valence-electron chi connectivity index (χ0n) is 15.4. The molecular weight excluding hydrogens is 388 g/mol. The molecule has 0 saturated heterocycles. The van der Waals surface area contributed by atoms with Crippen molar-refractivity contribution in [1.29, 1.82) is 0 Å². The van der Waals surface area contributed by atoms with Crippen LogP contribution in [0.15, 0.2) is 82.7 Å². The standard InChI is InChI=1S/C23H19ClN2OS/c1-16-9-11-17(12-10-16)14-26-22(27)20-7-2-3-8-21(20)25-23(26)28-15-18-5-4-6-19(24)13-18/h2-13H,14-15H2,1H3. The van der Waals surface area contributed by atoms with Crippen LogP contribution in [-0.4, -0.2) is 9.55 Å². The number of aromatic nitrogens is 2. The lowest BCUT2D eigenvalue weighted by atomic mass is 10.1. The van der Waals surface area contributed by atoms with E-state index in [4.69, 9.17) is 16.6 Å². The first kappa shape index (κ1) is 18.8. The molecule has 0 spiro atoms. The molecule has 0 aliphatic heterocycles. The van der Waals surface area contributed by atoms with E-state index in [0.29, 0.717) is 27.9 Å². The number of aryl methyl sites for hydroxylation is 1. The Morgan fingerprint density at radius 3 is 2.54 bits per heavy atom. The molecule has 0 amide bonds. The minimum absolute atomic E-state index is 0.0141. The highest BCUT2D eigenvalue weighted by molar-refractivity contribution is 7.98. The molecule has 5 heteroatoms. The highest BCUT2D eigenvalue weighted by atomic mass is 35.5. The summed E-state index contributed by atoms with van der Waals surface area (Å²) in [4.78, 5) is 18.0. The predicted octanol–water partition coefficient (Wildman–Crippen LogP) is 5.70. The number of para-hydroxylation sites is 1. The first-order valence-electron chi connectivity index (χ1n) is 9.02. The van der Waals surface area contributed by atoms with Gasteiger partial charge in [-0.05, 0) is 42.3 Å². The molecule has 0 fully saturated rings. The third-order valence-electron chi connectivity index (χ3n) is 4.54. The summed E-state index contributed by atoms with van der Waals surface area (Å²) in [5, 5.41) is 2.06. The Morgan fingerprint density at radius 1 is 0.964 bits per heavy atom. The summed E-state index contributed by atoms with van der Waals surface area (Å²) in [7, 11) is 0. The molecule has 0 radical (unpaired) electrons. The smallest absolute Gasteiger partial charge is 0.262 e. The van der Waals surface area contributed by atoms with E-state index >= 15 is 0 Å². The van der Waals surface area contributed by atoms with E-state index < -0.39 is 0 Å². The van der Waals surface area contributed by atoms with E-state index in [1.54, 1.807) is 16.3 Å². The lowest BCUT2D eigenvalue weighted by molar-refractivity contribution is 0.658. The van der Waals surface area contributed by atoms with Gasteiger partial charge in [0, 0.05) is 10.8 Å². The number of thioether (sulfide) groups is 1. The number of benzene rings is 3. The summed E-state index contributed by atoms with van der Waals surface area (Å²) in [5.41, 5.74) is 4.08. The number of rotatable bonds is 5. The number of hydrogen-bond donors (Lipinski definition) is 0. The Hall–Kier alpha value is -2.56. The molecule has 28 heavy (non-hydrogen) atoms. The van der Waals surface area contributed by atoms with E-state index in [2.05, 4.69) is 31.2 Å². The molecule has 0 unspecified atom stereocenters. The molecule has 3 nitrogen and oxygen atoms in total. The zero-order chi connectivity index (χ0) is 19.5. The van der Waals surface area contributed by atoms with Crippen molar-refractivity contribution in [1.82, 2.24) is 9.55 Å².